The van der Waals surface area contributed by atoms with Crippen molar-refractivity contribution < 1.29 is 13.2 Å². The second-order valence-electron chi connectivity index (χ2n) is 7.25. The Kier molecular flexibility index (Phi) is 5.36. The lowest BCUT2D eigenvalue weighted by Gasteiger charge is -2.30. The van der Waals surface area contributed by atoms with Gasteiger partial charge in [0.2, 0.25) is 0 Å². The second-order valence-corrected chi connectivity index (χ2v) is 9.23. The molecule has 1 N–H and O–H groups in total. The summed E-state index contributed by atoms with van der Waals surface area (Å²) >= 11 is 6.41. The van der Waals surface area contributed by atoms with Crippen LogP contribution in [0.25, 0.3) is 0 Å². The first-order valence-electron chi connectivity index (χ1n) is 9.74. The molecule has 0 aliphatic carbocycles. The molecule has 1 saturated heterocycles. The molecule has 1 fully saturated rings. The van der Waals surface area contributed by atoms with Gasteiger partial charge in [-0.2, -0.15) is 8.42 Å². The van der Waals surface area contributed by atoms with Crippen molar-refractivity contribution >= 4 is 44.7 Å². The third-order valence-corrected chi connectivity index (χ3v) is 6.95. The van der Waals surface area contributed by atoms with Crippen LogP contribution in [0.4, 0.5) is 11.4 Å². The van der Waals surface area contributed by atoms with Gasteiger partial charge in [0.1, 0.15) is 10.7 Å². The van der Waals surface area contributed by atoms with Crippen molar-refractivity contribution in [2.24, 2.45) is 4.40 Å². The molecule has 2 heterocycles. The first-order chi connectivity index (χ1) is 13.9. The molecular weight excluding hydrogens is 410 g/mol. The van der Waals surface area contributed by atoms with Crippen LogP contribution < -0.4 is 10.2 Å². The highest BCUT2D eigenvalue weighted by Crippen LogP contribution is 2.38. The minimum absolute atomic E-state index is 0.0269. The van der Waals surface area contributed by atoms with E-state index in [9.17, 15) is 13.2 Å². The standard InChI is InChI=1S/C21H22ClN3O3S/c1-2-14-7-9-15(10-8-14)23-21(26)16-12-19-18(13-17(16)22)25-11-5-3-4-6-20(25)24-29(19,27)28/h7-10,12-13H,2-6,11H2,1H3,(H,23,26). The van der Waals surface area contributed by atoms with Gasteiger partial charge in [-0.15, -0.1) is 4.40 Å². The molecular formula is C21H22ClN3O3S. The van der Waals surface area contributed by atoms with Crippen molar-refractivity contribution in [2.45, 2.75) is 43.9 Å². The monoisotopic (exact) mass is 431 g/mol. The first-order valence-corrected chi connectivity index (χ1v) is 11.6. The summed E-state index contributed by atoms with van der Waals surface area (Å²) in [6.07, 6.45) is 4.40. The van der Waals surface area contributed by atoms with E-state index in [1.54, 1.807) is 6.07 Å². The number of benzene rings is 2. The van der Waals surface area contributed by atoms with Gasteiger partial charge in [0.05, 0.1) is 16.3 Å². The van der Waals surface area contributed by atoms with E-state index in [-0.39, 0.29) is 15.5 Å². The molecule has 1 amide bonds. The average molecular weight is 432 g/mol. The van der Waals surface area contributed by atoms with Crippen LogP contribution in [-0.4, -0.2) is 26.7 Å². The van der Waals surface area contributed by atoms with E-state index >= 15 is 0 Å². The Morgan fingerprint density at radius 1 is 1.17 bits per heavy atom. The highest BCUT2D eigenvalue weighted by molar-refractivity contribution is 7.90. The molecule has 2 aliphatic heterocycles. The molecule has 0 radical (unpaired) electrons. The topological polar surface area (TPSA) is 78.8 Å². The zero-order valence-electron chi connectivity index (χ0n) is 16.1. The first kappa shape index (κ1) is 19.9. The number of aryl methyl sites for hydroxylation is 1. The van der Waals surface area contributed by atoms with Crippen LogP contribution in [0.5, 0.6) is 0 Å². The second kappa shape index (κ2) is 7.80. The number of nitrogens with one attached hydrogen (secondary N) is 1. The number of carbonyl (C=O) groups is 1. The number of sulfonamides is 1. The van der Waals surface area contributed by atoms with E-state index in [1.807, 2.05) is 29.2 Å². The van der Waals surface area contributed by atoms with E-state index in [4.69, 9.17) is 11.6 Å². The SMILES string of the molecule is CCc1ccc(NC(=O)c2cc3c(cc2Cl)N2CCCCCC2=NS3(=O)=O)cc1. The Morgan fingerprint density at radius 2 is 1.93 bits per heavy atom. The van der Waals surface area contributed by atoms with Gasteiger partial charge in [0, 0.05) is 18.7 Å². The quantitative estimate of drug-likeness (QED) is 0.768. The van der Waals surface area contributed by atoms with Crippen molar-refractivity contribution in [3.05, 3.63) is 52.5 Å². The van der Waals surface area contributed by atoms with Gasteiger partial charge >= 0.3 is 0 Å². The molecule has 8 heteroatoms. The molecule has 2 aromatic rings. The van der Waals surface area contributed by atoms with Gasteiger partial charge in [-0.1, -0.05) is 37.1 Å². The van der Waals surface area contributed by atoms with Crippen LogP contribution in [-0.2, 0) is 16.4 Å². The molecule has 0 saturated carbocycles. The zero-order chi connectivity index (χ0) is 20.6. The molecule has 4 rings (SSSR count). The van der Waals surface area contributed by atoms with Crippen LogP contribution in [0.3, 0.4) is 0 Å². The Labute approximate surface area is 175 Å². The lowest BCUT2D eigenvalue weighted by Crippen LogP contribution is -2.35. The lowest BCUT2D eigenvalue weighted by molar-refractivity contribution is 0.102. The van der Waals surface area contributed by atoms with Crippen molar-refractivity contribution in [3.63, 3.8) is 0 Å². The number of halogens is 1. The maximum Gasteiger partial charge on any atom is 0.286 e. The van der Waals surface area contributed by atoms with Crippen molar-refractivity contribution in [3.8, 4) is 0 Å². The maximum absolute atomic E-state index is 12.8. The third kappa shape index (κ3) is 3.89. The van der Waals surface area contributed by atoms with E-state index in [2.05, 4.69) is 16.6 Å². The van der Waals surface area contributed by atoms with Crippen LogP contribution >= 0.6 is 11.6 Å². The maximum atomic E-state index is 12.8. The molecule has 0 atom stereocenters. The van der Waals surface area contributed by atoms with Crippen LogP contribution in [0, 0.1) is 0 Å². The van der Waals surface area contributed by atoms with Crippen LogP contribution in [0.15, 0.2) is 45.7 Å². The van der Waals surface area contributed by atoms with Gasteiger partial charge in [0.25, 0.3) is 15.9 Å². The average Bonchev–Trinajstić information content (AvgIpc) is 2.93. The van der Waals surface area contributed by atoms with E-state index < -0.39 is 15.9 Å². The number of fused-ring (bicyclic) bond motifs is 3. The Hall–Kier alpha value is -2.38. The fourth-order valence-corrected chi connectivity index (χ4v) is 5.20. The summed E-state index contributed by atoms with van der Waals surface area (Å²) in [6, 6.07) is 10.4. The molecule has 152 valence electrons. The lowest BCUT2D eigenvalue weighted by atomic mass is 10.1. The van der Waals surface area contributed by atoms with E-state index in [1.165, 1.54) is 6.07 Å². The predicted octanol–water partition coefficient (Wildman–Crippen LogP) is 4.64. The van der Waals surface area contributed by atoms with Gasteiger partial charge in [-0.05, 0) is 49.1 Å². The largest absolute Gasteiger partial charge is 0.328 e. The smallest absolute Gasteiger partial charge is 0.286 e. The number of anilines is 2. The molecule has 6 nitrogen and oxygen atoms in total. The molecule has 0 spiro atoms. The number of amidine groups is 1. The number of amides is 1. The Balaban J connectivity index is 1.70. The van der Waals surface area contributed by atoms with Crippen LogP contribution in [0.1, 0.15) is 48.5 Å². The van der Waals surface area contributed by atoms with Gasteiger partial charge < -0.3 is 10.2 Å². The normalized spacial score (nSPS) is 17.6. The Bertz CT molecular complexity index is 1090. The van der Waals surface area contributed by atoms with E-state index in [0.717, 1.165) is 31.2 Å². The predicted molar refractivity (Wildman–Crippen MR) is 116 cm³/mol. The van der Waals surface area contributed by atoms with Gasteiger partial charge in [0.15, 0.2) is 0 Å². The number of carbonyl (C=O) groups excluding carboxylic acids is 1. The van der Waals surface area contributed by atoms with Crippen LogP contribution in [0.2, 0.25) is 5.02 Å². The highest BCUT2D eigenvalue weighted by atomic mass is 35.5. The summed E-state index contributed by atoms with van der Waals surface area (Å²) in [7, 11) is -3.88. The number of nitrogens with zero attached hydrogens (tertiary/aromatic N) is 2. The molecule has 0 aromatic heterocycles. The van der Waals surface area contributed by atoms with Crippen molar-refractivity contribution in [2.75, 3.05) is 16.8 Å². The highest BCUT2D eigenvalue weighted by Gasteiger charge is 2.33. The minimum Gasteiger partial charge on any atom is -0.328 e. The molecule has 29 heavy (non-hydrogen) atoms. The fraction of sp³-hybridized carbons (Fsp3) is 0.333. The molecule has 0 unspecified atom stereocenters. The summed E-state index contributed by atoms with van der Waals surface area (Å²) in [5.41, 5.74) is 2.40. The molecule has 0 bridgehead atoms. The summed E-state index contributed by atoms with van der Waals surface area (Å²) in [6.45, 7) is 2.74. The van der Waals surface area contributed by atoms with Crippen molar-refractivity contribution in [1.82, 2.24) is 0 Å². The van der Waals surface area contributed by atoms with E-state index in [0.29, 0.717) is 30.2 Å². The van der Waals surface area contributed by atoms with Gasteiger partial charge in [-0.25, -0.2) is 0 Å². The summed E-state index contributed by atoms with van der Waals surface area (Å²) < 4.78 is 29.5. The summed E-state index contributed by atoms with van der Waals surface area (Å²) in [4.78, 5) is 14.7. The molecule has 2 aromatic carbocycles. The summed E-state index contributed by atoms with van der Waals surface area (Å²) in [5.74, 6) is 0.0992. The molecule has 2 aliphatic rings. The number of rotatable bonds is 3. The van der Waals surface area contributed by atoms with Gasteiger partial charge in [-0.3, -0.25) is 4.79 Å². The third-order valence-electron chi connectivity index (χ3n) is 5.30. The Morgan fingerprint density at radius 3 is 2.66 bits per heavy atom. The summed E-state index contributed by atoms with van der Waals surface area (Å²) in [5, 5.41) is 3.00. The van der Waals surface area contributed by atoms with Crippen molar-refractivity contribution in [1.29, 1.82) is 0 Å². The number of hydrogen-bond donors (Lipinski definition) is 1. The number of hydrogen-bond acceptors (Lipinski definition) is 4. The zero-order valence-corrected chi connectivity index (χ0v) is 17.7. The minimum atomic E-state index is -3.88. The fourth-order valence-electron chi connectivity index (χ4n) is 3.69.